The van der Waals surface area contributed by atoms with Crippen LogP contribution in [0.25, 0.3) is 0 Å². The molecule has 6 nitrogen and oxygen atoms in total. The molecule has 8 heteroatoms. The summed E-state index contributed by atoms with van der Waals surface area (Å²) in [6.07, 6.45) is 2.17. The van der Waals surface area contributed by atoms with E-state index in [9.17, 15) is 16.8 Å². The van der Waals surface area contributed by atoms with Gasteiger partial charge < -0.3 is 5.32 Å². The van der Waals surface area contributed by atoms with Crippen LogP contribution in [0.3, 0.4) is 0 Å². The largest absolute Gasteiger partial charge is 0.317 e. The highest BCUT2D eigenvalue weighted by Crippen LogP contribution is 2.18. The van der Waals surface area contributed by atoms with Gasteiger partial charge in [-0.3, -0.25) is 0 Å². The smallest absolute Gasteiger partial charge is 0.214 e. The first-order valence-electron chi connectivity index (χ1n) is 6.78. The quantitative estimate of drug-likeness (QED) is 0.755. The average Bonchev–Trinajstić information content (AvgIpc) is 2.51. The topological polar surface area (TPSA) is 83.6 Å². The van der Waals surface area contributed by atoms with Crippen LogP contribution in [0.15, 0.2) is 0 Å². The second-order valence-electron chi connectivity index (χ2n) is 5.38. The van der Waals surface area contributed by atoms with E-state index in [1.54, 1.807) is 0 Å². The predicted molar refractivity (Wildman–Crippen MR) is 74.2 cm³/mol. The molecule has 2 aliphatic heterocycles. The molecule has 112 valence electrons. The molecule has 0 amide bonds. The monoisotopic (exact) mass is 310 g/mol. The summed E-state index contributed by atoms with van der Waals surface area (Å²) in [5.74, 6) is 0.422. The van der Waals surface area contributed by atoms with Gasteiger partial charge in [0.15, 0.2) is 9.84 Å². The Labute approximate surface area is 115 Å². The van der Waals surface area contributed by atoms with E-state index in [0.717, 1.165) is 25.9 Å². The number of rotatable bonds is 3. The minimum atomic E-state index is -3.32. The Morgan fingerprint density at radius 3 is 2.47 bits per heavy atom. The van der Waals surface area contributed by atoms with Crippen molar-refractivity contribution >= 4 is 19.9 Å². The maximum Gasteiger partial charge on any atom is 0.214 e. The highest BCUT2D eigenvalue weighted by Gasteiger charge is 2.30. The summed E-state index contributed by atoms with van der Waals surface area (Å²) in [4.78, 5) is 0. The van der Waals surface area contributed by atoms with Crippen molar-refractivity contribution in [2.24, 2.45) is 5.92 Å². The van der Waals surface area contributed by atoms with Crippen LogP contribution >= 0.6 is 0 Å². The molecule has 2 fully saturated rings. The maximum absolute atomic E-state index is 12.3. The van der Waals surface area contributed by atoms with Gasteiger partial charge in [-0.25, -0.2) is 21.1 Å². The highest BCUT2D eigenvalue weighted by atomic mass is 32.2. The molecule has 2 rings (SSSR count). The van der Waals surface area contributed by atoms with Crippen molar-refractivity contribution in [1.82, 2.24) is 9.62 Å². The number of nitrogens with one attached hydrogen (secondary N) is 1. The molecule has 0 aromatic carbocycles. The van der Waals surface area contributed by atoms with E-state index >= 15 is 0 Å². The van der Waals surface area contributed by atoms with Crippen molar-refractivity contribution in [3.05, 3.63) is 0 Å². The van der Waals surface area contributed by atoms with Gasteiger partial charge in [-0.05, 0) is 38.3 Å². The summed E-state index contributed by atoms with van der Waals surface area (Å²) in [6, 6.07) is 0. The fourth-order valence-electron chi connectivity index (χ4n) is 2.65. The third-order valence-corrected chi connectivity index (χ3v) is 7.57. The number of hydrogen-bond donors (Lipinski definition) is 1. The Morgan fingerprint density at radius 2 is 1.79 bits per heavy atom. The zero-order chi connectivity index (χ0) is 13.9. The highest BCUT2D eigenvalue weighted by molar-refractivity contribution is 7.91. The molecule has 0 aliphatic carbocycles. The van der Waals surface area contributed by atoms with E-state index in [0.29, 0.717) is 13.0 Å². The van der Waals surface area contributed by atoms with Crippen LogP contribution in [0.5, 0.6) is 0 Å². The normalized spacial score (nSPS) is 26.9. The van der Waals surface area contributed by atoms with Crippen molar-refractivity contribution in [2.75, 3.05) is 43.4 Å². The lowest BCUT2D eigenvalue weighted by atomic mass is 10.0. The van der Waals surface area contributed by atoms with Crippen LogP contribution in [0.4, 0.5) is 0 Å². The summed E-state index contributed by atoms with van der Waals surface area (Å²) in [6.45, 7) is 2.20. The van der Waals surface area contributed by atoms with Gasteiger partial charge in [0.2, 0.25) is 10.0 Å². The molecule has 0 aromatic heterocycles. The second-order valence-corrected chi connectivity index (χ2v) is 9.69. The van der Waals surface area contributed by atoms with Gasteiger partial charge in [-0.2, -0.15) is 0 Å². The first-order chi connectivity index (χ1) is 8.89. The van der Waals surface area contributed by atoms with Crippen LogP contribution in [0, 0.1) is 5.92 Å². The first kappa shape index (κ1) is 15.2. The third-order valence-electron chi connectivity index (χ3n) is 3.81. The lowest BCUT2D eigenvalue weighted by molar-refractivity contribution is 0.382. The molecular formula is C11H22N2O4S2. The molecule has 0 atom stereocenters. The van der Waals surface area contributed by atoms with Crippen LogP contribution in [0.1, 0.15) is 19.3 Å². The van der Waals surface area contributed by atoms with Crippen LogP contribution in [0.2, 0.25) is 0 Å². The van der Waals surface area contributed by atoms with E-state index in [1.165, 1.54) is 4.31 Å². The van der Waals surface area contributed by atoms with E-state index in [-0.39, 0.29) is 29.7 Å². The molecule has 19 heavy (non-hydrogen) atoms. The second kappa shape index (κ2) is 6.07. The summed E-state index contributed by atoms with van der Waals surface area (Å²) in [5, 5.41) is 3.21. The number of sulfone groups is 1. The lowest BCUT2D eigenvalue weighted by Gasteiger charge is -2.26. The summed E-state index contributed by atoms with van der Waals surface area (Å²) in [5.41, 5.74) is 0. The van der Waals surface area contributed by atoms with Crippen molar-refractivity contribution in [3.63, 3.8) is 0 Å². The van der Waals surface area contributed by atoms with E-state index < -0.39 is 19.9 Å². The Morgan fingerprint density at radius 1 is 1.11 bits per heavy atom. The molecule has 2 saturated heterocycles. The zero-order valence-electron chi connectivity index (χ0n) is 11.0. The molecule has 2 heterocycles. The van der Waals surface area contributed by atoms with Crippen LogP contribution < -0.4 is 5.32 Å². The number of piperidine rings is 1. The van der Waals surface area contributed by atoms with Gasteiger partial charge in [-0.1, -0.05) is 0 Å². The Balaban J connectivity index is 1.98. The van der Waals surface area contributed by atoms with E-state index in [2.05, 4.69) is 5.32 Å². The fourth-order valence-corrected chi connectivity index (χ4v) is 5.95. The number of sulfonamides is 1. The van der Waals surface area contributed by atoms with Gasteiger partial charge in [0.1, 0.15) is 0 Å². The van der Waals surface area contributed by atoms with E-state index in [4.69, 9.17) is 0 Å². The molecule has 0 saturated carbocycles. The summed E-state index contributed by atoms with van der Waals surface area (Å²) in [7, 11) is -6.38. The molecule has 2 aliphatic rings. The molecule has 0 radical (unpaired) electrons. The first-order valence-corrected chi connectivity index (χ1v) is 10.2. The fraction of sp³-hybridized carbons (Fsp3) is 1.00. The molecule has 1 N–H and O–H groups in total. The standard InChI is InChI=1S/C11H22N2O4S2/c14-18(15)8-1-6-13(7-9-18)19(16,17)10-11-2-4-12-5-3-11/h11-12H,1-10H2. The van der Waals surface area contributed by atoms with Crippen LogP contribution in [-0.4, -0.2) is 64.6 Å². The number of hydrogen-bond acceptors (Lipinski definition) is 5. The van der Waals surface area contributed by atoms with Gasteiger partial charge in [0.25, 0.3) is 0 Å². The molecule has 0 spiro atoms. The molecular weight excluding hydrogens is 288 g/mol. The molecule has 0 aromatic rings. The zero-order valence-corrected chi connectivity index (χ0v) is 12.7. The van der Waals surface area contributed by atoms with Crippen molar-refractivity contribution in [2.45, 2.75) is 19.3 Å². The average molecular weight is 310 g/mol. The van der Waals surface area contributed by atoms with Crippen molar-refractivity contribution < 1.29 is 16.8 Å². The molecule has 0 unspecified atom stereocenters. The lowest BCUT2D eigenvalue weighted by Crippen LogP contribution is -2.39. The number of nitrogens with zero attached hydrogens (tertiary/aromatic N) is 1. The van der Waals surface area contributed by atoms with Gasteiger partial charge in [-0.15, -0.1) is 0 Å². The van der Waals surface area contributed by atoms with Gasteiger partial charge in [0, 0.05) is 13.1 Å². The van der Waals surface area contributed by atoms with Crippen molar-refractivity contribution in [3.8, 4) is 0 Å². The Bertz CT molecular complexity index is 495. The summed E-state index contributed by atoms with van der Waals surface area (Å²) >= 11 is 0. The third kappa shape index (κ3) is 4.40. The Hall–Kier alpha value is -0.180. The molecule has 0 bridgehead atoms. The van der Waals surface area contributed by atoms with Gasteiger partial charge in [0.05, 0.1) is 17.3 Å². The summed E-state index contributed by atoms with van der Waals surface area (Å²) < 4.78 is 49.0. The minimum absolute atomic E-state index is 0.0432. The van der Waals surface area contributed by atoms with Crippen LogP contribution in [-0.2, 0) is 19.9 Å². The van der Waals surface area contributed by atoms with Gasteiger partial charge >= 0.3 is 0 Å². The minimum Gasteiger partial charge on any atom is -0.317 e. The van der Waals surface area contributed by atoms with E-state index in [1.807, 2.05) is 0 Å². The van der Waals surface area contributed by atoms with Crippen molar-refractivity contribution in [1.29, 1.82) is 0 Å². The Kier molecular flexibility index (Phi) is 4.86. The SMILES string of the molecule is O=S1(=O)CCCN(S(=O)(=O)CC2CCNCC2)CC1. The predicted octanol–water partition coefficient (Wildman–Crippen LogP) is -0.564. The maximum atomic E-state index is 12.3.